The molecule has 0 saturated carbocycles. The van der Waals surface area contributed by atoms with Crippen LogP contribution in [0.1, 0.15) is 24.9 Å². The van der Waals surface area contributed by atoms with E-state index in [-0.39, 0.29) is 11.8 Å². The van der Waals surface area contributed by atoms with Crippen LogP contribution in [0.4, 0.5) is 0 Å². The Bertz CT molecular complexity index is 929. The Morgan fingerprint density at radius 1 is 1.17 bits per heavy atom. The Balaban J connectivity index is 1.63. The molecule has 1 heterocycles. The first-order chi connectivity index (χ1) is 11.7. The van der Waals surface area contributed by atoms with E-state index >= 15 is 0 Å². The topological polar surface area (TPSA) is 47.8 Å². The van der Waals surface area contributed by atoms with Crippen molar-refractivity contribution in [3.63, 3.8) is 0 Å². The maximum atomic E-state index is 12.0. The van der Waals surface area contributed by atoms with E-state index in [1.54, 1.807) is 10.8 Å². The molecule has 2 aromatic carbocycles. The number of hydrogen-bond donors (Lipinski definition) is 0. The van der Waals surface area contributed by atoms with Crippen molar-refractivity contribution in [3.05, 3.63) is 66.2 Å². The second kappa shape index (κ2) is 7.38. The van der Waals surface area contributed by atoms with Crippen LogP contribution in [-0.2, 0) is 4.79 Å². The summed E-state index contributed by atoms with van der Waals surface area (Å²) in [4.78, 5) is 12.0. The molecular weight excluding hydrogens is 298 g/mol. The third-order valence-corrected chi connectivity index (χ3v) is 3.65. The molecule has 3 rings (SSSR count). The minimum absolute atomic E-state index is 0.0858. The summed E-state index contributed by atoms with van der Waals surface area (Å²) in [5, 5.41) is 8.25. The second-order valence-corrected chi connectivity index (χ2v) is 5.51. The van der Waals surface area contributed by atoms with Crippen molar-refractivity contribution in [2.45, 2.75) is 19.4 Å². The second-order valence-electron chi connectivity index (χ2n) is 5.51. The van der Waals surface area contributed by atoms with Gasteiger partial charge >= 0.3 is 0 Å². The van der Waals surface area contributed by atoms with Crippen LogP contribution in [0.2, 0.25) is 0 Å². The first-order valence-corrected chi connectivity index (χ1v) is 7.80. The maximum Gasteiger partial charge on any atom is 0.207 e. The summed E-state index contributed by atoms with van der Waals surface area (Å²) in [6, 6.07) is 17.5. The molecule has 0 bridgehead atoms. The van der Waals surface area contributed by atoms with E-state index in [9.17, 15) is 4.79 Å². The number of benzene rings is 2. The lowest BCUT2D eigenvalue weighted by Gasteiger charge is -2.09. The van der Waals surface area contributed by atoms with Gasteiger partial charge < -0.3 is 0 Å². The molecule has 1 unspecified atom stereocenters. The summed E-state index contributed by atoms with van der Waals surface area (Å²) in [5.74, 6) is 5.34. The number of carbonyl (C=O) groups is 1. The molecule has 0 saturated heterocycles. The van der Waals surface area contributed by atoms with Crippen LogP contribution >= 0.6 is 0 Å². The van der Waals surface area contributed by atoms with Gasteiger partial charge in [-0.25, -0.2) is 4.68 Å². The Hall–Kier alpha value is -3.19. The Morgan fingerprint density at radius 2 is 1.92 bits per heavy atom. The van der Waals surface area contributed by atoms with Crippen molar-refractivity contribution in [1.82, 2.24) is 15.0 Å². The molecule has 4 heteroatoms. The number of para-hydroxylation sites is 1. The molecular formula is C20H17N3O. The van der Waals surface area contributed by atoms with Crippen LogP contribution in [0.15, 0.2) is 60.7 Å². The highest BCUT2D eigenvalue weighted by Gasteiger charge is 2.13. The predicted molar refractivity (Wildman–Crippen MR) is 95.1 cm³/mol. The minimum Gasteiger partial charge on any atom is -0.285 e. The van der Waals surface area contributed by atoms with E-state index in [2.05, 4.69) is 22.2 Å². The number of hydrogen-bond acceptors (Lipinski definition) is 3. The molecule has 118 valence electrons. The quantitative estimate of drug-likeness (QED) is 0.545. The van der Waals surface area contributed by atoms with Crippen molar-refractivity contribution in [2.24, 2.45) is 0 Å². The largest absolute Gasteiger partial charge is 0.285 e. The number of rotatable bonds is 4. The van der Waals surface area contributed by atoms with Gasteiger partial charge in [0.05, 0.1) is 11.6 Å². The first kappa shape index (κ1) is 15.7. The van der Waals surface area contributed by atoms with E-state index in [1.165, 1.54) is 0 Å². The van der Waals surface area contributed by atoms with Gasteiger partial charge in [0.15, 0.2) is 0 Å². The molecule has 3 aromatic rings. The van der Waals surface area contributed by atoms with E-state index in [0.717, 1.165) is 16.6 Å². The number of nitrogens with zero attached hydrogens (tertiary/aromatic N) is 3. The maximum absolute atomic E-state index is 12.0. The summed E-state index contributed by atoms with van der Waals surface area (Å²) in [5.41, 5.74) is 2.81. The number of Topliss-reactive ketones (excluding diaryl/α,β-unsaturated/α-hetero) is 1. The van der Waals surface area contributed by atoms with Crippen LogP contribution in [0.25, 0.3) is 17.1 Å². The van der Waals surface area contributed by atoms with Crippen molar-refractivity contribution in [3.8, 4) is 11.8 Å². The fourth-order valence-electron chi connectivity index (χ4n) is 2.44. The van der Waals surface area contributed by atoms with Crippen LogP contribution in [0, 0.1) is 11.8 Å². The molecule has 0 aliphatic rings. The number of carbonyl (C=O) groups excluding carboxylic acids is 1. The lowest BCUT2D eigenvalue weighted by atomic mass is 10.1. The minimum atomic E-state index is -0.111. The third kappa shape index (κ3) is 3.76. The monoisotopic (exact) mass is 315 g/mol. The number of fused-ring (bicyclic) bond motifs is 1. The van der Waals surface area contributed by atoms with Crippen LogP contribution in [-0.4, -0.2) is 20.8 Å². The van der Waals surface area contributed by atoms with Crippen molar-refractivity contribution >= 4 is 22.9 Å². The lowest BCUT2D eigenvalue weighted by molar-refractivity contribution is -0.114. The molecule has 24 heavy (non-hydrogen) atoms. The highest BCUT2D eigenvalue weighted by atomic mass is 16.1. The normalized spacial score (nSPS) is 12.0. The Morgan fingerprint density at radius 3 is 2.75 bits per heavy atom. The SMILES string of the molecule is CC(CC(=O)C#C/C=C/c1ccccc1)n1nnc2ccccc21. The Kier molecular flexibility index (Phi) is 4.83. The molecule has 0 spiro atoms. The van der Waals surface area contributed by atoms with E-state index in [0.29, 0.717) is 6.42 Å². The zero-order chi connectivity index (χ0) is 16.8. The average Bonchev–Trinajstić information content (AvgIpc) is 3.04. The fraction of sp³-hybridized carbons (Fsp3) is 0.150. The van der Waals surface area contributed by atoms with Crippen molar-refractivity contribution < 1.29 is 4.79 Å². The summed E-state index contributed by atoms with van der Waals surface area (Å²) in [6.07, 6.45) is 3.89. The van der Waals surface area contributed by atoms with Gasteiger partial charge in [0, 0.05) is 6.42 Å². The van der Waals surface area contributed by atoms with Crippen LogP contribution in [0.5, 0.6) is 0 Å². The van der Waals surface area contributed by atoms with Gasteiger partial charge in [0.2, 0.25) is 5.78 Å². The van der Waals surface area contributed by atoms with Crippen LogP contribution in [0.3, 0.4) is 0 Å². The fourth-order valence-corrected chi connectivity index (χ4v) is 2.44. The zero-order valence-corrected chi connectivity index (χ0v) is 13.4. The van der Waals surface area contributed by atoms with Gasteiger partial charge in [-0.3, -0.25) is 4.79 Å². The van der Waals surface area contributed by atoms with E-state index < -0.39 is 0 Å². The van der Waals surface area contributed by atoms with Gasteiger partial charge in [-0.05, 0) is 42.7 Å². The number of ketones is 1. The Labute approximate surface area is 140 Å². The van der Waals surface area contributed by atoms with Gasteiger partial charge in [-0.2, -0.15) is 0 Å². The molecule has 0 N–H and O–H groups in total. The highest BCUT2D eigenvalue weighted by Crippen LogP contribution is 2.17. The first-order valence-electron chi connectivity index (χ1n) is 7.80. The van der Waals surface area contributed by atoms with E-state index in [4.69, 9.17) is 0 Å². The summed E-state index contributed by atoms with van der Waals surface area (Å²) >= 11 is 0. The zero-order valence-electron chi connectivity index (χ0n) is 13.4. The third-order valence-electron chi connectivity index (χ3n) is 3.65. The molecule has 1 aromatic heterocycles. The summed E-state index contributed by atoms with van der Waals surface area (Å²) in [7, 11) is 0. The van der Waals surface area contributed by atoms with Crippen molar-refractivity contribution in [2.75, 3.05) is 0 Å². The summed E-state index contributed by atoms with van der Waals surface area (Å²) in [6.45, 7) is 1.94. The summed E-state index contributed by atoms with van der Waals surface area (Å²) < 4.78 is 1.77. The molecule has 0 aliphatic carbocycles. The van der Waals surface area contributed by atoms with E-state index in [1.807, 2.05) is 67.6 Å². The van der Waals surface area contributed by atoms with Crippen LogP contribution < -0.4 is 0 Å². The van der Waals surface area contributed by atoms with Gasteiger partial charge in [-0.15, -0.1) is 5.10 Å². The van der Waals surface area contributed by atoms with Gasteiger partial charge in [-0.1, -0.05) is 53.6 Å². The lowest BCUT2D eigenvalue weighted by Crippen LogP contribution is -2.11. The molecule has 0 radical (unpaired) electrons. The molecule has 0 amide bonds. The van der Waals surface area contributed by atoms with Gasteiger partial charge in [0.1, 0.15) is 5.52 Å². The van der Waals surface area contributed by atoms with Gasteiger partial charge in [0.25, 0.3) is 0 Å². The molecule has 0 fully saturated rings. The predicted octanol–water partition coefficient (Wildman–Crippen LogP) is 3.67. The van der Waals surface area contributed by atoms with Crippen molar-refractivity contribution in [1.29, 1.82) is 0 Å². The highest BCUT2D eigenvalue weighted by molar-refractivity contribution is 5.96. The molecule has 4 nitrogen and oxygen atoms in total. The standard InChI is InChI=1S/C20H17N3O/c1-16(23-20-14-8-7-13-19(20)21-22-23)15-18(24)12-6-5-11-17-9-3-2-4-10-17/h2-5,7-11,13-14,16H,15H2,1H3/b11-5+. The average molecular weight is 315 g/mol. The smallest absolute Gasteiger partial charge is 0.207 e. The number of allylic oxidation sites excluding steroid dienone is 1. The molecule has 0 aliphatic heterocycles. The molecule has 1 atom stereocenters. The number of aromatic nitrogens is 3.